The number of benzene rings is 1. The van der Waals surface area contributed by atoms with E-state index in [1.54, 1.807) is 7.11 Å². The number of methoxy groups -OCH3 is 1. The van der Waals surface area contributed by atoms with Gasteiger partial charge >= 0.3 is 0 Å². The second kappa shape index (κ2) is 4.69. The average Bonchev–Trinajstić information content (AvgIpc) is 2.98. The summed E-state index contributed by atoms with van der Waals surface area (Å²) in [4.78, 5) is 0. The first kappa shape index (κ1) is 12.4. The predicted molar refractivity (Wildman–Crippen MR) is 71.7 cm³/mol. The van der Waals surface area contributed by atoms with Gasteiger partial charge in [0.25, 0.3) is 0 Å². The molecule has 1 fully saturated rings. The summed E-state index contributed by atoms with van der Waals surface area (Å²) in [6.07, 6.45) is 1.26. The molecule has 0 amide bonds. The largest absolute Gasteiger partial charge is 0.496 e. The number of aryl methyl sites for hydroxylation is 1. The quantitative estimate of drug-likeness (QED) is 0.844. The fraction of sp³-hybridized carbons (Fsp3) is 0.600. The molecule has 1 aliphatic rings. The molecule has 1 aromatic rings. The number of nitrogens with one attached hydrogen (secondary N) is 1. The Kier molecular flexibility index (Phi) is 3.43. The Balaban J connectivity index is 2.34. The first-order chi connectivity index (χ1) is 8.14. The van der Waals surface area contributed by atoms with Crippen molar-refractivity contribution in [1.82, 2.24) is 5.32 Å². The molecule has 0 aromatic heterocycles. The smallest absolute Gasteiger partial charge is 0.122 e. The van der Waals surface area contributed by atoms with Crippen LogP contribution < -0.4 is 10.1 Å². The van der Waals surface area contributed by atoms with E-state index in [1.165, 1.54) is 17.5 Å². The van der Waals surface area contributed by atoms with E-state index in [9.17, 15) is 0 Å². The van der Waals surface area contributed by atoms with Crippen LogP contribution >= 0.6 is 0 Å². The lowest BCUT2D eigenvalue weighted by molar-refractivity contribution is 0.399. The first-order valence-electron chi connectivity index (χ1n) is 6.50. The highest BCUT2D eigenvalue weighted by Crippen LogP contribution is 2.56. The molecular weight excluding hydrogens is 210 g/mol. The highest BCUT2D eigenvalue weighted by molar-refractivity contribution is 5.46. The summed E-state index contributed by atoms with van der Waals surface area (Å²) in [6.45, 7) is 8.73. The average molecular weight is 233 g/mol. The predicted octanol–water partition coefficient (Wildman–Crippen LogP) is 2.89. The van der Waals surface area contributed by atoms with E-state index in [1.807, 2.05) is 0 Å². The van der Waals surface area contributed by atoms with Crippen LogP contribution in [-0.4, -0.2) is 20.2 Å². The molecule has 1 N–H and O–H groups in total. The van der Waals surface area contributed by atoms with Gasteiger partial charge in [-0.15, -0.1) is 0 Å². The second-order valence-corrected chi connectivity index (χ2v) is 5.25. The monoisotopic (exact) mass is 233 g/mol. The van der Waals surface area contributed by atoms with E-state index >= 15 is 0 Å². The third kappa shape index (κ3) is 2.19. The minimum Gasteiger partial charge on any atom is -0.496 e. The molecule has 2 nitrogen and oxygen atoms in total. The zero-order valence-corrected chi connectivity index (χ0v) is 11.3. The SMILES string of the molecule is CCNCC1(c2cc(C)ccc2OC)CC1C. The van der Waals surface area contributed by atoms with Crippen molar-refractivity contribution in [2.45, 2.75) is 32.6 Å². The van der Waals surface area contributed by atoms with Gasteiger partial charge in [-0.2, -0.15) is 0 Å². The number of hydrogen-bond donors (Lipinski definition) is 1. The Bertz CT molecular complexity index is 402. The van der Waals surface area contributed by atoms with Gasteiger partial charge in [0.05, 0.1) is 7.11 Å². The van der Waals surface area contributed by atoms with Crippen molar-refractivity contribution in [2.75, 3.05) is 20.2 Å². The van der Waals surface area contributed by atoms with Gasteiger partial charge in [0.1, 0.15) is 5.75 Å². The number of ether oxygens (including phenoxy) is 1. The van der Waals surface area contributed by atoms with Gasteiger partial charge in [-0.05, 0) is 31.9 Å². The Morgan fingerprint density at radius 1 is 1.47 bits per heavy atom. The Hall–Kier alpha value is -1.02. The van der Waals surface area contributed by atoms with Crippen LogP contribution in [0.25, 0.3) is 0 Å². The zero-order valence-electron chi connectivity index (χ0n) is 11.3. The van der Waals surface area contributed by atoms with E-state index in [4.69, 9.17) is 4.74 Å². The van der Waals surface area contributed by atoms with Gasteiger partial charge in [-0.3, -0.25) is 0 Å². The van der Waals surface area contributed by atoms with Gasteiger partial charge in [0, 0.05) is 17.5 Å². The number of hydrogen-bond acceptors (Lipinski definition) is 2. The lowest BCUT2D eigenvalue weighted by Gasteiger charge is -2.21. The molecule has 17 heavy (non-hydrogen) atoms. The lowest BCUT2D eigenvalue weighted by atomic mass is 9.91. The molecule has 2 heteroatoms. The van der Waals surface area contributed by atoms with Crippen molar-refractivity contribution in [1.29, 1.82) is 0 Å². The molecule has 2 atom stereocenters. The topological polar surface area (TPSA) is 21.3 Å². The summed E-state index contributed by atoms with van der Waals surface area (Å²) in [5, 5.41) is 3.50. The third-order valence-electron chi connectivity index (χ3n) is 4.04. The molecule has 1 aromatic carbocycles. The van der Waals surface area contributed by atoms with Crippen molar-refractivity contribution >= 4 is 0 Å². The van der Waals surface area contributed by atoms with Crippen LogP contribution in [0.15, 0.2) is 18.2 Å². The van der Waals surface area contributed by atoms with Crippen LogP contribution in [0.1, 0.15) is 31.4 Å². The molecule has 1 aliphatic carbocycles. The van der Waals surface area contributed by atoms with Crippen LogP contribution in [0.3, 0.4) is 0 Å². The Morgan fingerprint density at radius 2 is 2.18 bits per heavy atom. The second-order valence-electron chi connectivity index (χ2n) is 5.25. The normalized spacial score (nSPS) is 26.9. The molecule has 0 radical (unpaired) electrons. The fourth-order valence-electron chi connectivity index (χ4n) is 2.76. The van der Waals surface area contributed by atoms with Crippen molar-refractivity contribution in [3.8, 4) is 5.75 Å². The van der Waals surface area contributed by atoms with Crippen molar-refractivity contribution < 1.29 is 4.74 Å². The third-order valence-corrected chi connectivity index (χ3v) is 4.04. The molecule has 0 spiro atoms. The molecule has 0 bridgehead atoms. The molecule has 2 rings (SSSR count). The standard InChI is InChI=1S/C15H23NO/c1-5-16-10-15(9-12(15)3)13-8-11(2)6-7-14(13)17-4/h6-8,12,16H,5,9-10H2,1-4H3. The van der Waals surface area contributed by atoms with E-state index in [0.29, 0.717) is 5.41 Å². The van der Waals surface area contributed by atoms with Crippen molar-refractivity contribution in [2.24, 2.45) is 5.92 Å². The van der Waals surface area contributed by atoms with E-state index < -0.39 is 0 Å². The van der Waals surface area contributed by atoms with Crippen LogP contribution in [0.4, 0.5) is 0 Å². The molecular formula is C15H23NO. The van der Waals surface area contributed by atoms with Crippen molar-refractivity contribution in [3.63, 3.8) is 0 Å². The molecule has 2 unspecified atom stereocenters. The summed E-state index contributed by atoms with van der Waals surface area (Å²) in [5.41, 5.74) is 3.00. The summed E-state index contributed by atoms with van der Waals surface area (Å²) < 4.78 is 5.53. The maximum absolute atomic E-state index is 5.53. The van der Waals surface area contributed by atoms with Gasteiger partial charge in [-0.1, -0.05) is 31.5 Å². The van der Waals surface area contributed by atoms with Crippen LogP contribution in [0, 0.1) is 12.8 Å². The fourth-order valence-corrected chi connectivity index (χ4v) is 2.76. The highest BCUT2D eigenvalue weighted by Gasteiger charge is 2.53. The van der Waals surface area contributed by atoms with Crippen LogP contribution in [0.5, 0.6) is 5.75 Å². The van der Waals surface area contributed by atoms with E-state index in [-0.39, 0.29) is 0 Å². The van der Waals surface area contributed by atoms with Crippen LogP contribution in [0.2, 0.25) is 0 Å². The first-order valence-corrected chi connectivity index (χ1v) is 6.50. The molecule has 1 saturated carbocycles. The maximum Gasteiger partial charge on any atom is 0.122 e. The Labute approximate surface area is 104 Å². The van der Waals surface area contributed by atoms with E-state index in [0.717, 1.165) is 24.8 Å². The van der Waals surface area contributed by atoms with Gasteiger partial charge in [0.2, 0.25) is 0 Å². The number of rotatable bonds is 5. The summed E-state index contributed by atoms with van der Waals surface area (Å²) >= 11 is 0. The van der Waals surface area contributed by atoms with Gasteiger partial charge in [0.15, 0.2) is 0 Å². The molecule has 0 aliphatic heterocycles. The minimum atomic E-state index is 0.299. The summed E-state index contributed by atoms with van der Waals surface area (Å²) in [7, 11) is 1.77. The summed E-state index contributed by atoms with van der Waals surface area (Å²) in [5.74, 6) is 1.79. The van der Waals surface area contributed by atoms with Crippen molar-refractivity contribution in [3.05, 3.63) is 29.3 Å². The van der Waals surface area contributed by atoms with Crippen LogP contribution in [-0.2, 0) is 5.41 Å². The lowest BCUT2D eigenvalue weighted by Crippen LogP contribution is -2.28. The zero-order chi connectivity index (χ0) is 12.5. The van der Waals surface area contributed by atoms with Gasteiger partial charge < -0.3 is 10.1 Å². The molecule has 94 valence electrons. The van der Waals surface area contributed by atoms with Gasteiger partial charge in [-0.25, -0.2) is 0 Å². The Morgan fingerprint density at radius 3 is 2.71 bits per heavy atom. The minimum absolute atomic E-state index is 0.299. The molecule has 0 saturated heterocycles. The van der Waals surface area contributed by atoms with E-state index in [2.05, 4.69) is 44.3 Å². The summed E-state index contributed by atoms with van der Waals surface area (Å²) in [6, 6.07) is 6.51. The maximum atomic E-state index is 5.53. The highest BCUT2D eigenvalue weighted by atomic mass is 16.5. The number of likely N-dealkylation sites (N-methyl/N-ethyl adjacent to an activating group) is 1. The molecule has 0 heterocycles.